The lowest BCUT2D eigenvalue weighted by molar-refractivity contribution is -0.130. The summed E-state index contributed by atoms with van der Waals surface area (Å²) in [5, 5.41) is 5.85. The number of allylic oxidation sites excluding steroid dienone is 2. The van der Waals surface area contributed by atoms with Gasteiger partial charge in [0.05, 0.1) is 19.7 Å². The lowest BCUT2D eigenvalue weighted by Gasteiger charge is -2.21. The monoisotopic (exact) mass is 507 g/mol. The van der Waals surface area contributed by atoms with Crippen LogP contribution in [0.25, 0.3) is 0 Å². The van der Waals surface area contributed by atoms with Gasteiger partial charge in [-0.2, -0.15) is 0 Å². The van der Waals surface area contributed by atoms with E-state index in [2.05, 4.69) is 10.6 Å². The third-order valence-corrected chi connectivity index (χ3v) is 6.33. The summed E-state index contributed by atoms with van der Waals surface area (Å²) in [6.45, 7) is 4.84. The number of rotatable bonds is 4. The van der Waals surface area contributed by atoms with Crippen molar-refractivity contribution in [1.82, 2.24) is 15.5 Å². The number of benzene rings is 2. The van der Waals surface area contributed by atoms with E-state index in [-0.39, 0.29) is 30.1 Å². The molecule has 2 aromatic carbocycles. The van der Waals surface area contributed by atoms with E-state index < -0.39 is 12.1 Å². The van der Waals surface area contributed by atoms with Crippen molar-refractivity contribution in [2.24, 2.45) is 0 Å². The molecule has 37 heavy (non-hydrogen) atoms. The molecule has 0 unspecified atom stereocenters. The third-order valence-electron chi connectivity index (χ3n) is 6.33. The van der Waals surface area contributed by atoms with Crippen LogP contribution in [0.1, 0.15) is 42.6 Å². The number of nitrogens with one attached hydrogen (secondary N) is 2. The van der Waals surface area contributed by atoms with Crippen LogP contribution in [0.2, 0.25) is 0 Å². The summed E-state index contributed by atoms with van der Waals surface area (Å²) in [5.41, 5.74) is 2.42. The van der Waals surface area contributed by atoms with E-state index in [1.54, 1.807) is 23.1 Å². The number of amides is 3. The number of methoxy groups -OCH3 is 1. The second-order valence-electron chi connectivity index (χ2n) is 9.43. The van der Waals surface area contributed by atoms with Crippen LogP contribution in [0.5, 0.6) is 17.2 Å². The SMILES string of the molecule is COc1ccc2cc1OCC(=O)NCc1ccc(cc1)O[C@H]1CN(C(=O)CCC=C(C)C)C[C@@H]1NC2=O. The molecule has 0 radical (unpaired) electrons. The predicted octanol–water partition coefficient (Wildman–Crippen LogP) is 2.84. The summed E-state index contributed by atoms with van der Waals surface area (Å²) >= 11 is 0. The molecule has 1 saturated heterocycles. The molecule has 2 aromatic rings. The first kappa shape index (κ1) is 26.1. The first-order valence-corrected chi connectivity index (χ1v) is 12.4. The van der Waals surface area contributed by atoms with Gasteiger partial charge in [-0.25, -0.2) is 0 Å². The van der Waals surface area contributed by atoms with Crippen molar-refractivity contribution in [1.29, 1.82) is 0 Å². The number of likely N-dealkylation sites (tertiary alicyclic amines) is 1. The maximum Gasteiger partial charge on any atom is 0.258 e. The Morgan fingerprint density at radius 1 is 1.14 bits per heavy atom. The number of ether oxygens (including phenoxy) is 3. The molecule has 2 N–H and O–H groups in total. The van der Waals surface area contributed by atoms with Gasteiger partial charge in [-0.05, 0) is 56.2 Å². The van der Waals surface area contributed by atoms with Crippen LogP contribution < -0.4 is 24.8 Å². The fourth-order valence-electron chi connectivity index (χ4n) is 4.32. The molecule has 0 spiro atoms. The van der Waals surface area contributed by atoms with Gasteiger partial charge in [-0.3, -0.25) is 14.4 Å². The summed E-state index contributed by atoms with van der Waals surface area (Å²) in [7, 11) is 1.49. The van der Waals surface area contributed by atoms with Gasteiger partial charge in [-0.1, -0.05) is 23.8 Å². The molecule has 4 bridgehead atoms. The van der Waals surface area contributed by atoms with E-state index >= 15 is 0 Å². The highest BCUT2D eigenvalue weighted by Crippen LogP contribution is 2.28. The highest BCUT2D eigenvalue weighted by atomic mass is 16.5. The van der Waals surface area contributed by atoms with Crippen molar-refractivity contribution in [2.45, 2.75) is 45.4 Å². The number of hydrogen-bond donors (Lipinski definition) is 2. The number of hydrogen-bond acceptors (Lipinski definition) is 6. The van der Waals surface area contributed by atoms with Crippen LogP contribution in [-0.2, 0) is 16.1 Å². The second-order valence-corrected chi connectivity index (χ2v) is 9.43. The van der Waals surface area contributed by atoms with Gasteiger partial charge >= 0.3 is 0 Å². The Kier molecular flexibility index (Phi) is 8.32. The Morgan fingerprint density at radius 2 is 1.92 bits per heavy atom. The van der Waals surface area contributed by atoms with Crippen LogP contribution in [0.15, 0.2) is 54.1 Å². The molecule has 0 saturated carbocycles. The fraction of sp³-hybridized carbons (Fsp3) is 0.393. The first-order chi connectivity index (χ1) is 17.8. The normalized spacial score (nSPS) is 19.5. The summed E-state index contributed by atoms with van der Waals surface area (Å²) in [6.07, 6.45) is 2.69. The maximum atomic E-state index is 13.2. The molecule has 2 atom stereocenters. The Labute approximate surface area is 216 Å². The van der Waals surface area contributed by atoms with Crippen LogP contribution >= 0.6 is 0 Å². The molecule has 9 heteroatoms. The Balaban J connectivity index is 1.59. The zero-order chi connectivity index (χ0) is 26.4. The second kappa shape index (κ2) is 11.8. The van der Waals surface area contributed by atoms with Crippen LogP contribution in [0.4, 0.5) is 0 Å². The van der Waals surface area contributed by atoms with Gasteiger partial charge in [0.25, 0.3) is 11.8 Å². The highest BCUT2D eigenvalue weighted by Gasteiger charge is 2.38. The maximum absolute atomic E-state index is 13.2. The van der Waals surface area contributed by atoms with E-state index in [9.17, 15) is 14.4 Å². The average molecular weight is 508 g/mol. The summed E-state index contributed by atoms with van der Waals surface area (Å²) in [5.74, 6) is 0.704. The lowest BCUT2D eigenvalue weighted by atomic mass is 10.1. The van der Waals surface area contributed by atoms with Crippen molar-refractivity contribution in [3.05, 3.63) is 65.2 Å². The highest BCUT2D eigenvalue weighted by molar-refractivity contribution is 5.95. The topological polar surface area (TPSA) is 106 Å². The lowest BCUT2D eigenvalue weighted by Crippen LogP contribution is -2.45. The Hall–Kier alpha value is -4.01. The van der Waals surface area contributed by atoms with Crippen LogP contribution in [0.3, 0.4) is 0 Å². The van der Waals surface area contributed by atoms with Gasteiger partial charge in [0.1, 0.15) is 11.9 Å². The number of carbonyl (C=O) groups excluding carboxylic acids is 3. The minimum Gasteiger partial charge on any atom is -0.493 e. The standard InChI is InChI=1S/C28H33N3O6/c1-18(2)5-4-6-27(33)31-15-22-25(16-31)37-21-10-7-19(8-11-21)14-29-26(32)17-36-24-13-20(28(34)30-22)9-12-23(24)35-3/h5,7-13,22,25H,4,6,14-17H2,1-3H3,(H,29,32)(H,30,34)/t22-,25-/m0/s1. The molecule has 3 aliphatic heterocycles. The average Bonchev–Trinajstić information content (AvgIpc) is 3.28. The van der Waals surface area contributed by atoms with Crippen molar-refractivity contribution < 1.29 is 28.6 Å². The van der Waals surface area contributed by atoms with Crippen molar-refractivity contribution >= 4 is 17.7 Å². The van der Waals surface area contributed by atoms with E-state index in [4.69, 9.17) is 14.2 Å². The quantitative estimate of drug-likeness (QED) is 0.617. The van der Waals surface area contributed by atoms with Gasteiger partial charge < -0.3 is 29.7 Å². The van der Waals surface area contributed by atoms with Crippen molar-refractivity contribution in [3.8, 4) is 17.2 Å². The largest absolute Gasteiger partial charge is 0.493 e. The minimum absolute atomic E-state index is 0.0243. The van der Waals surface area contributed by atoms with Crippen LogP contribution in [-0.4, -0.2) is 61.6 Å². The van der Waals surface area contributed by atoms with Gasteiger partial charge in [0, 0.05) is 25.1 Å². The summed E-state index contributed by atoms with van der Waals surface area (Å²) < 4.78 is 17.3. The molecule has 9 nitrogen and oxygen atoms in total. The van der Waals surface area contributed by atoms with Gasteiger partial charge in [0.2, 0.25) is 5.91 Å². The first-order valence-electron chi connectivity index (χ1n) is 12.4. The number of fused-ring (bicyclic) bond motifs is 7. The molecule has 3 aliphatic rings. The Bertz CT molecular complexity index is 1170. The molecular weight excluding hydrogens is 474 g/mol. The molecule has 3 heterocycles. The van der Waals surface area contributed by atoms with Gasteiger partial charge in [0.15, 0.2) is 18.1 Å². The molecule has 3 amide bonds. The predicted molar refractivity (Wildman–Crippen MR) is 138 cm³/mol. The van der Waals surface area contributed by atoms with Crippen molar-refractivity contribution in [3.63, 3.8) is 0 Å². The Morgan fingerprint density at radius 3 is 2.65 bits per heavy atom. The molecule has 0 aromatic heterocycles. The van der Waals surface area contributed by atoms with E-state index in [1.165, 1.54) is 12.7 Å². The van der Waals surface area contributed by atoms with E-state index in [1.807, 2.05) is 44.2 Å². The number of nitrogens with zero attached hydrogens (tertiary/aromatic N) is 1. The minimum atomic E-state index is -0.424. The summed E-state index contributed by atoms with van der Waals surface area (Å²) in [4.78, 5) is 40.2. The third kappa shape index (κ3) is 6.81. The van der Waals surface area contributed by atoms with Crippen LogP contribution in [0, 0.1) is 0 Å². The van der Waals surface area contributed by atoms with Crippen molar-refractivity contribution in [2.75, 3.05) is 26.8 Å². The molecule has 196 valence electrons. The summed E-state index contributed by atoms with van der Waals surface area (Å²) in [6, 6.07) is 11.8. The molecule has 1 fully saturated rings. The zero-order valence-electron chi connectivity index (χ0n) is 21.4. The van der Waals surface area contributed by atoms with E-state index in [0.717, 1.165) is 5.56 Å². The van der Waals surface area contributed by atoms with E-state index in [0.29, 0.717) is 49.5 Å². The molecule has 0 aliphatic carbocycles. The van der Waals surface area contributed by atoms with Gasteiger partial charge in [-0.15, -0.1) is 0 Å². The fourth-order valence-corrected chi connectivity index (χ4v) is 4.32. The zero-order valence-corrected chi connectivity index (χ0v) is 21.4. The molecule has 5 rings (SSSR count). The number of carbonyl (C=O) groups is 3. The molecular formula is C28H33N3O6. The smallest absolute Gasteiger partial charge is 0.258 e.